The number of carboxylic acids is 2. The third-order valence-electron chi connectivity index (χ3n) is 4.00. The minimum atomic E-state index is -1.23. The van der Waals surface area contributed by atoms with Crippen molar-refractivity contribution in [3.8, 4) is 0 Å². The van der Waals surface area contributed by atoms with Crippen LogP contribution in [0.3, 0.4) is 0 Å². The fourth-order valence-electron chi connectivity index (χ4n) is 2.95. The van der Waals surface area contributed by atoms with Gasteiger partial charge in [-0.05, 0) is 41.3 Å². The molecule has 1 aliphatic rings. The van der Waals surface area contributed by atoms with Crippen molar-refractivity contribution in [3.63, 3.8) is 0 Å². The standard InChI is InChI=1S/C18H14O4/c1-10-8-15(13-5-3-2-4-12(10)13)11-6-7-14(17(19)20)16(9-11)18(21)22/h2-9,15H,1H3,(H,19,20)(H,21,22). The highest BCUT2D eigenvalue weighted by Crippen LogP contribution is 2.39. The number of aromatic carboxylic acids is 2. The number of hydrogen-bond acceptors (Lipinski definition) is 2. The molecule has 0 aromatic heterocycles. The zero-order valence-electron chi connectivity index (χ0n) is 11.9. The van der Waals surface area contributed by atoms with Crippen molar-refractivity contribution >= 4 is 17.5 Å². The summed E-state index contributed by atoms with van der Waals surface area (Å²) in [5, 5.41) is 18.3. The molecule has 0 saturated carbocycles. The van der Waals surface area contributed by atoms with Crippen LogP contribution in [0.4, 0.5) is 0 Å². The van der Waals surface area contributed by atoms with E-state index in [1.165, 1.54) is 12.1 Å². The maximum absolute atomic E-state index is 11.3. The van der Waals surface area contributed by atoms with Gasteiger partial charge in [0.05, 0.1) is 11.1 Å². The molecule has 0 saturated heterocycles. The van der Waals surface area contributed by atoms with Crippen LogP contribution in [0.1, 0.15) is 50.2 Å². The van der Waals surface area contributed by atoms with Crippen LogP contribution in [0.2, 0.25) is 0 Å². The molecular weight excluding hydrogens is 280 g/mol. The summed E-state index contributed by atoms with van der Waals surface area (Å²) in [6.07, 6.45) is 2.08. The minimum absolute atomic E-state index is 0.0443. The molecule has 0 radical (unpaired) electrons. The Morgan fingerprint density at radius 3 is 2.32 bits per heavy atom. The zero-order valence-corrected chi connectivity index (χ0v) is 11.9. The average molecular weight is 294 g/mol. The van der Waals surface area contributed by atoms with E-state index in [2.05, 4.69) is 6.08 Å². The van der Waals surface area contributed by atoms with E-state index < -0.39 is 11.9 Å². The predicted molar refractivity (Wildman–Crippen MR) is 82.3 cm³/mol. The molecule has 0 bridgehead atoms. The van der Waals surface area contributed by atoms with Crippen LogP contribution in [-0.2, 0) is 0 Å². The molecule has 2 aromatic carbocycles. The first-order chi connectivity index (χ1) is 10.5. The predicted octanol–water partition coefficient (Wildman–Crippen LogP) is 3.63. The fourth-order valence-corrected chi connectivity index (χ4v) is 2.95. The highest BCUT2D eigenvalue weighted by atomic mass is 16.4. The lowest BCUT2D eigenvalue weighted by Crippen LogP contribution is -2.09. The van der Waals surface area contributed by atoms with E-state index in [9.17, 15) is 14.7 Å². The summed E-state index contributed by atoms with van der Waals surface area (Å²) in [4.78, 5) is 22.5. The van der Waals surface area contributed by atoms with Gasteiger partial charge in [-0.25, -0.2) is 9.59 Å². The van der Waals surface area contributed by atoms with Gasteiger partial charge in [0.25, 0.3) is 0 Å². The Labute approximate surface area is 127 Å². The molecule has 1 atom stereocenters. The number of benzene rings is 2. The summed E-state index contributed by atoms with van der Waals surface area (Å²) >= 11 is 0. The number of hydrogen-bond donors (Lipinski definition) is 2. The van der Waals surface area contributed by atoms with Crippen LogP contribution in [-0.4, -0.2) is 22.2 Å². The van der Waals surface area contributed by atoms with E-state index >= 15 is 0 Å². The van der Waals surface area contributed by atoms with Crippen molar-refractivity contribution in [1.29, 1.82) is 0 Å². The summed E-state index contributed by atoms with van der Waals surface area (Å²) in [7, 11) is 0. The van der Waals surface area contributed by atoms with Crippen LogP contribution >= 0.6 is 0 Å². The molecule has 0 spiro atoms. The Balaban J connectivity index is 2.13. The molecule has 1 aliphatic carbocycles. The van der Waals surface area contributed by atoms with E-state index in [-0.39, 0.29) is 17.0 Å². The summed E-state index contributed by atoms with van der Waals surface area (Å²) in [6.45, 7) is 2.02. The molecule has 3 rings (SSSR count). The molecule has 1 unspecified atom stereocenters. The quantitative estimate of drug-likeness (QED) is 0.906. The van der Waals surface area contributed by atoms with Crippen molar-refractivity contribution in [2.75, 3.05) is 0 Å². The molecule has 0 amide bonds. The highest BCUT2D eigenvalue weighted by molar-refractivity contribution is 6.01. The smallest absolute Gasteiger partial charge is 0.336 e. The van der Waals surface area contributed by atoms with Crippen molar-refractivity contribution < 1.29 is 19.8 Å². The van der Waals surface area contributed by atoms with Gasteiger partial charge in [0.2, 0.25) is 0 Å². The number of carboxylic acid groups (broad SMARTS) is 2. The second-order valence-corrected chi connectivity index (χ2v) is 5.33. The van der Waals surface area contributed by atoms with Crippen LogP contribution in [0.15, 0.2) is 48.5 Å². The fraction of sp³-hybridized carbons (Fsp3) is 0.111. The van der Waals surface area contributed by atoms with Gasteiger partial charge in [0.1, 0.15) is 0 Å². The Morgan fingerprint density at radius 2 is 1.64 bits per heavy atom. The number of carbonyl (C=O) groups is 2. The summed E-state index contributed by atoms with van der Waals surface area (Å²) in [5.41, 5.74) is 3.81. The Morgan fingerprint density at radius 1 is 0.955 bits per heavy atom. The van der Waals surface area contributed by atoms with E-state index in [1.54, 1.807) is 6.07 Å². The minimum Gasteiger partial charge on any atom is -0.478 e. The summed E-state index contributed by atoms with van der Waals surface area (Å²) in [5.74, 6) is -2.51. The van der Waals surface area contributed by atoms with E-state index in [1.807, 2.05) is 31.2 Å². The van der Waals surface area contributed by atoms with Gasteiger partial charge in [-0.3, -0.25) is 0 Å². The molecule has 110 valence electrons. The molecule has 4 nitrogen and oxygen atoms in total. The Bertz CT molecular complexity index is 818. The first-order valence-electron chi connectivity index (χ1n) is 6.87. The molecule has 2 N–H and O–H groups in total. The molecule has 0 fully saturated rings. The van der Waals surface area contributed by atoms with Gasteiger partial charge in [0.15, 0.2) is 0 Å². The van der Waals surface area contributed by atoms with Gasteiger partial charge in [0, 0.05) is 5.92 Å². The van der Waals surface area contributed by atoms with Crippen molar-refractivity contribution in [2.24, 2.45) is 0 Å². The lowest BCUT2D eigenvalue weighted by molar-refractivity contribution is 0.0651. The second-order valence-electron chi connectivity index (χ2n) is 5.33. The van der Waals surface area contributed by atoms with Gasteiger partial charge in [-0.15, -0.1) is 0 Å². The monoisotopic (exact) mass is 294 g/mol. The molecular formula is C18H14O4. The van der Waals surface area contributed by atoms with Crippen molar-refractivity contribution in [3.05, 3.63) is 76.4 Å². The molecule has 4 heteroatoms. The largest absolute Gasteiger partial charge is 0.478 e. The second kappa shape index (κ2) is 5.15. The lowest BCUT2D eigenvalue weighted by Gasteiger charge is -2.13. The number of rotatable bonds is 3. The van der Waals surface area contributed by atoms with Crippen LogP contribution < -0.4 is 0 Å². The van der Waals surface area contributed by atoms with Gasteiger partial charge in [-0.2, -0.15) is 0 Å². The molecule has 2 aromatic rings. The summed E-state index contributed by atoms with van der Waals surface area (Å²) in [6, 6.07) is 12.5. The first-order valence-corrected chi connectivity index (χ1v) is 6.87. The topological polar surface area (TPSA) is 74.6 Å². The summed E-state index contributed by atoms with van der Waals surface area (Å²) < 4.78 is 0. The third-order valence-corrected chi connectivity index (χ3v) is 4.00. The van der Waals surface area contributed by atoms with Gasteiger partial charge < -0.3 is 10.2 Å². The Kier molecular flexibility index (Phi) is 3.29. The number of allylic oxidation sites excluding steroid dienone is 2. The SMILES string of the molecule is CC1=CC(c2ccc(C(=O)O)c(C(=O)O)c2)c2ccccc21. The Hall–Kier alpha value is -2.88. The van der Waals surface area contributed by atoms with Crippen LogP contribution in [0.25, 0.3) is 5.57 Å². The number of fused-ring (bicyclic) bond motifs is 1. The van der Waals surface area contributed by atoms with E-state index in [4.69, 9.17) is 5.11 Å². The maximum Gasteiger partial charge on any atom is 0.336 e. The molecule has 0 heterocycles. The van der Waals surface area contributed by atoms with E-state index in [0.29, 0.717) is 0 Å². The molecule has 22 heavy (non-hydrogen) atoms. The average Bonchev–Trinajstić information content (AvgIpc) is 2.84. The van der Waals surface area contributed by atoms with E-state index in [0.717, 1.165) is 22.3 Å². The van der Waals surface area contributed by atoms with Gasteiger partial charge >= 0.3 is 11.9 Å². The van der Waals surface area contributed by atoms with Crippen LogP contribution in [0, 0.1) is 0 Å². The lowest BCUT2D eigenvalue weighted by atomic mass is 9.90. The third kappa shape index (κ3) is 2.19. The maximum atomic E-state index is 11.3. The zero-order chi connectivity index (χ0) is 15.9. The van der Waals surface area contributed by atoms with Gasteiger partial charge in [-0.1, -0.05) is 36.4 Å². The van der Waals surface area contributed by atoms with Crippen molar-refractivity contribution in [1.82, 2.24) is 0 Å². The van der Waals surface area contributed by atoms with Crippen molar-refractivity contribution in [2.45, 2.75) is 12.8 Å². The first kappa shape index (κ1) is 14.1. The highest BCUT2D eigenvalue weighted by Gasteiger charge is 2.24. The molecule has 0 aliphatic heterocycles. The normalized spacial score (nSPS) is 16.0. The van der Waals surface area contributed by atoms with Crippen LogP contribution in [0.5, 0.6) is 0 Å².